The summed E-state index contributed by atoms with van der Waals surface area (Å²) in [6, 6.07) is 10.7. The zero-order valence-electron chi connectivity index (χ0n) is 9.29. The van der Waals surface area contributed by atoms with Gasteiger partial charge in [0.2, 0.25) is 0 Å². The fourth-order valence-corrected chi connectivity index (χ4v) is 4.81. The van der Waals surface area contributed by atoms with E-state index in [1.807, 2.05) is 6.20 Å². The van der Waals surface area contributed by atoms with Gasteiger partial charge in [0.25, 0.3) is 0 Å². The normalized spacial score (nSPS) is 13.9. The molecule has 1 unspecified atom stereocenters. The van der Waals surface area contributed by atoms with Gasteiger partial charge >= 0.3 is 0 Å². The first kappa shape index (κ1) is 10.8. The fraction of sp³-hybridized carbons (Fsp3) is 0. The van der Waals surface area contributed by atoms with Gasteiger partial charge in [-0.05, 0) is 42.0 Å². The summed E-state index contributed by atoms with van der Waals surface area (Å²) in [5, 5.41) is 2.58. The van der Waals surface area contributed by atoms with Crippen LogP contribution < -0.4 is 4.72 Å². The van der Waals surface area contributed by atoms with Crippen molar-refractivity contribution in [2.75, 3.05) is 4.72 Å². The molecule has 88 valence electrons. The van der Waals surface area contributed by atoms with Gasteiger partial charge in [-0.2, -0.15) is 0 Å². The third-order valence-corrected chi connectivity index (χ3v) is 6.19. The summed E-state index contributed by atoms with van der Waals surface area (Å²) in [5.74, 6) is 2.07. The molecule has 1 atom stereocenters. The summed E-state index contributed by atoms with van der Waals surface area (Å²) in [7, 11) is 0. The average Bonchev–Trinajstić information content (AvgIpc) is 2.99. The number of anilines is 1. The van der Waals surface area contributed by atoms with Crippen molar-refractivity contribution in [1.29, 1.82) is 0 Å². The molecule has 0 bridgehead atoms. The van der Waals surface area contributed by atoms with Crippen LogP contribution in [-0.4, -0.2) is 4.98 Å². The zero-order chi connectivity index (χ0) is 12.1. The fourth-order valence-electron chi connectivity index (χ4n) is 2.34. The highest BCUT2D eigenvalue weighted by Gasteiger charge is 2.18. The molecular formula is C13H9N2PS2. The van der Waals surface area contributed by atoms with Gasteiger partial charge in [-0.1, -0.05) is 18.2 Å². The Balaban J connectivity index is 2.13. The van der Waals surface area contributed by atoms with Gasteiger partial charge in [-0.15, -0.1) is 12.2 Å². The van der Waals surface area contributed by atoms with Crippen LogP contribution in [0.4, 0.5) is 5.69 Å². The molecule has 0 radical (unpaired) electrons. The van der Waals surface area contributed by atoms with Crippen LogP contribution in [0.5, 0.6) is 0 Å². The molecule has 1 aromatic heterocycles. The smallest absolute Gasteiger partial charge is 0.0992 e. The van der Waals surface area contributed by atoms with Gasteiger partial charge in [0.1, 0.15) is 0 Å². The molecular weight excluding hydrogens is 279 g/mol. The Kier molecular flexibility index (Phi) is 2.37. The van der Waals surface area contributed by atoms with Crippen LogP contribution in [0.1, 0.15) is 0 Å². The van der Waals surface area contributed by atoms with Gasteiger partial charge in [-0.3, -0.25) is 4.98 Å². The molecule has 0 spiro atoms. The lowest BCUT2D eigenvalue weighted by Gasteiger charge is -2.06. The van der Waals surface area contributed by atoms with Crippen molar-refractivity contribution < 1.29 is 0 Å². The Hall–Kier alpha value is -1.09. The monoisotopic (exact) mass is 288 g/mol. The summed E-state index contributed by atoms with van der Waals surface area (Å²) in [4.78, 5) is 5.77. The number of hydrogen-bond acceptors (Lipinski definition) is 4. The van der Waals surface area contributed by atoms with Crippen LogP contribution in [0.3, 0.4) is 0 Å². The van der Waals surface area contributed by atoms with E-state index in [0.717, 1.165) is 5.43 Å². The first-order chi connectivity index (χ1) is 8.84. The summed E-state index contributed by atoms with van der Waals surface area (Å²) < 4.78 is 3.35. The number of hydrogen-bond donors (Lipinski definition) is 2. The Labute approximate surface area is 115 Å². The summed E-state index contributed by atoms with van der Waals surface area (Å²) in [6.07, 6.45) is 1.87. The molecule has 0 amide bonds. The average molecular weight is 288 g/mol. The molecule has 2 aromatic carbocycles. The van der Waals surface area contributed by atoms with Gasteiger partial charge in [0, 0.05) is 22.0 Å². The van der Waals surface area contributed by atoms with Crippen LogP contribution in [0.2, 0.25) is 0 Å². The van der Waals surface area contributed by atoms with Gasteiger partial charge in [0.05, 0.1) is 11.1 Å². The van der Waals surface area contributed by atoms with Crippen molar-refractivity contribution in [3.05, 3.63) is 42.3 Å². The highest BCUT2D eigenvalue weighted by molar-refractivity contribution is 8.42. The van der Waals surface area contributed by atoms with E-state index >= 15 is 0 Å². The maximum atomic E-state index is 4.62. The molecule has 18 heavy (non-hydrogen) atoms. The third kappa shape index (κ3) is 1.43. The van der Waals surface area contributed by atoms with E-state index < -0.39 is 6.74 Å². The lowest BCUT2D eigenvalue weighted by Crippen LogP contribution is -1.81. The van der Waals surface area contributed by atoms with Crippen molar-refractivity contribution in [2.24, 2.45) is 0 Å². The quantitative estimate of drug-likeness (QED) is 0.486. The SMILES string of the molecule is Sp1ccnc1-c1ccc2c3c(cccc13)NS2. The van der Waals surface area contributed by atoms with Gasteiger partial charge < -0.3 is 4.72 Å². The molecule has 1 N–H and O–H groups in total. The van der Waals surface area contributed by atoms with Crippen molar-refractivity contribution in [3.8, 4) is 11.0 Å². The number of nitrogens with zero attached hydrogens (tertiary/aromatic N) is 1. The molecule has 4 rings (SSSR count). The predicted octanol–water partition coefficient (Wildman–Crippen LogP) is 5.01. The lowest BCUT2D eigenvalue weighted by atomic mass is 10.0. The maximum absolute atomic E-state index is 4.62. The Morgan fingerprint density at radius 3 is 3.00 bits per heavy atom. The molecule has 1 aliphatic rings. The highest BCUT2D eigenvalue weighted by Crippen LogP contribution is 2.49. The summed E-state index contributed by atoms with van der Waals surface area (Å²) in [5.41, 5.74) is 3.52. The van der Waals surface area contributed by atoms with E-state index in [1.165, 1.54) is 26.9 Å². The van der Waals surface area contributed by atoms with E-state index in [4.69, 9.17) is 0 Å². The molecule has 5 heteroatoms. The van der Waals surface area contributed by atoms with Crippen LogP contribution in [0.15, 0.2) is 47.2 Å². The van der Waals surface area contributed by atoms with Crippen LogP contribution in [0, 0.1) is 0 Å². The van der Waals surface area contributed by atoms with Gasteiger partial charge in [0.15, 0.2) is 0 Å². The Morgan fingerprint density at radius 2 is 2.17 bits per heavy atom. The topological polar surface area (TPSA) is 24.9 Å². The number of nitrogens with one attached hydrogen (secondary N) is 1. The lowest BCUT2D eigenvalue weighted by molar-refractivity contribution is 1.42. The number of rotatable bonds is 1. The zero-order valence-corrected chi connectivity index (χ0v) is 11.9. The van der Waals surface area contributed by atoms with Crippen LogP contribution in [-0.2, 0) is 0 Å². The maximum Gasteiger partial charge on any atom is 0.0992 e. The molecule has 0 saturated carbocycles. The second-order valence-corrected chi connectivity index (χ2v) is 7.69. The van der Waals surface area contributed by atoms with Crippen molar-refractivity contribution >= 4 is 47.4 Å². The first-order valence-electron chi connectivity index (χ1n) is 5.56. The van der Waals surface area contributed by atoms with Crippen LogP contribution >= 0.6 is 30.9 Å². The largest absolute Gasteiger partial charge is 0.325 e. The first-order valence-corrected chi connectivity index (χ1v) is 8.94. The Morgan fingerprint density at radius 1 is 1.22 bits per heavy atom. The second-order valence-electron chi connectivity index (χ2n) is 4.14. The van der Waals surface area contributed by atoms with E-state index in [1.54, 1.807) is 11.9 Å². The summed E-state index contributed by atoms with van der Waals surface area (Å²) in [6.45, 7) is -0.540. The standard InChI is InChI=1S/C13H9N2PS2/c17-16-7-6-14-13(16)9-4-5-11-12-8(9)2-1-3-10(12)15-18-11/h1-7,15,17H. The third-order valence-electron chi connectivity index (χ3n) is 3.14. The van der Waals surface area contributed by atoms with Crippen LogP contribution in [0.25, 0.3) is 21.8 Å². The van der Waals surface area contributed by atoms with E-state index in [2.05, 4.69) is 58.1 Å². The predicted molar refractivity (Wildman–Crippen MR) is 83.8 cm³/mol. The molecule has 0 saturated heterocycles. The van der Waals surface area contributed by atoms with Crippen molar-refractivity contribution in [2.45, 2.75) is 4.90 Å². The number of aromatic nitrogens is 1. The van der Waals surface area contributed by atoms with E-state index in [9.17, 15) is 0 Å². The van der Waals surface area contributed by atoms with E-state index in [0.29, 0.717) is 0 Å². The number of benzene rings is 2. The molecule has 2 nitrogen and oxygen atoms in total. The molecule has 1 aliphatic heterocycles. The minimum Gasteiger partial charge on any atom is -0.325 e. The molecule has 2 heterocycles. The molecule has 0 fully saturated rings. The molecule has 3 aromatic rings. The Bertz CT molecular complexity index is 757. The minimum atomic E-state index is -0.540. The summed E-state index contributed by atoms with van der Waals surface area (Å²) >= 11 is 6.30. The van der Waals surface area contributed by atoms with Crippen molar-refractivity contribution in [1.82, 2.24) is 4.98 Å². The second kappa shape index (κ2) is 3.95. The van der Waals surface area contributed by atoms with Crippen molar-refractivity contribution in [3.63, 3.8) is 0 Å². The van der Waals surface area contributed by atoms with Gasteiger partial charge in [-0.25, -0.2) is 0 Å². The number of thiol groups is 1. The minimum absolute atomic E-state index is 0.540. The highest BCUT2D eigenvalue weighted by atomic mass is 32.7. The van der Waals surface area contributed by atoms with E-state index in [-0.39, 0.29) is 0 Å². The molecule has 0 aliphatic carbocycles.